The Bertz CT molecular complexity index is 1270. The zero-order chi connectivity index (χ0) is 22.8. The van der Waals surface area contributed by atoms with E-state index in [4.69, 9.17) is 21.1 Å². The average molecular weight is 692 g/mol. The molecule has 0 amide bonds. The van der Waals surface area contributed by atoms with Crippen LogP contribution in [0.25, 0.3) is 6.08 Å². The Labute approximate surface area is 218 Å². The molecule has 0 fully saturated rings. The summed E-state index contributed by atoms with van der Waals surface area (Å²) in [6.07, 6.45) is 1.60. The third kappa shape index (κ3) is 5.24. The van der Waals surface area contributed by atoms with Gasteiger partial charge in [-0.1, -0.05) is 29.8 Å². The molecule has 3 aromatic rings. The summed E-state index contributed by atoms with van der Waals surface area (Å²) in [5, 5.41) is 0.444. The Kier molecular flexibility index (Phi) is 7.34. The van der Waals surface area contributed by atoms with Gasteiger partial charge < -0.3 is 9.47 Å². The van der Waals surface area contributed by atoms with Crippen LogP contribution in [-0.2, 0) is 16.1 Å². The number of cyclic esters (lactones) is 1. The van der Waals surface area contributed by atoms with Gasteiger partial charge in [-0.05, 0) is 102 Å². The third-order valence-corrected chi connectivity index (χ3v) is 6.61. The first-order valence-corrected chi connectivity index (χ1v) is 12.2. The summed E-state index contributed by atoms with van der Waals surface area (Å²) >= 11 is 15.3. The smallest absolute Gasteiger partial charge is 0.363 e. The van der Waals surface area contributed by atoms with Crippen molar-refractivity contribution < 1.29 is 18.7 Å². The maximum atomic E-state index is 13.8. The molecule has 0 saturated carbocycles. The zero-order valence-electron chi connectivity index (χ0n) is 16.0. The van der Waals surface area contributed by atoms with Crippen molar-refractivity contribution in [1.82, 2.24) is 0 Å². The molecule has 0 atom stereocenters. The summed E-state index contributed by atoms with van der Waals surface area (Å²) in [6.45, 7) is 0.0704. The molecule has 1 heterocycles. The Morgan fingerprint density at radius 2 is 1.84 bits per heavy atom. The molecule has 0 saturated heterocycles. The van der Waals surface area contributed by atoms with Crippen molar-refractivity contribution in [3.8, 4) is 5.75 Å². The van der Waals surface area contributed by atoms with E-state index >= 15 is 0 Å². The average Bonchev–Trinajstić information content (AvgIpc) is 3.10. The van der Waals surface area contributed by atoms with E-state index in [0.29, 0.717) is 36.4 Å². The normalized spacial score (nSPS) is 14.5. The van der Waals surface area contributed by atoms with E-state index in [1.807, 2.05) is 6.07 Å². The van der Waals surface area contributed by atoms with Crippen LogP contribution in [0.1, 0.15) is 16.7 Å². The van der Waals surface area contributed by atoms with Crippen molar-refractivity contribution in [1.29, 1.82) is 0 Å². The number of halogens is 5. The minimum Gasteiger partial charge on any atom is -0.486 e. The second kappa shape index (κ2) is 10.0. The lowest BCUT2D eigenvalue weighted by molar-refractivity contribution is -0.129. The molecule has 1 aliphatic heterocycles. The van der Waals surface area contributed by atoms with Crippen LogP contribution in [0.15, 0.2) is 74.2 Å². The summed E-state index contributed by atoms with van der Waals surface area (Å²) in [6, 6.07) is 15.3. The van der Waals surface area contributed by atoms with E-state index in [1.165, 1.54) is 6.07 Å². The van der Waals surface area contributed by atoms with E-state index in [0.717, 1.165) is 3.57 Å². The van der Waals surface area contributed by atoms with E-state index in [1.54, 1.807) is 48.5 Å². The lowest BCUT2D eigenvalue weighted by atomic mass is 10.2. The molecule has 0 N–H and O–H groups in total. The highest BCUT2D eigenvalue weighted by Gasteiger charge is 2.26. The predicted octanol–water partition coefficient (Wildman–Crippen LogP) is 7.53. The van der Waals surface area contributed by atoms with Gasteiger partial charge in [0.2, 0.25) is 5.90 Å². The Hall–Kier alpha value is -1.75. The molecule has 0 aromatic heterocycles. The number of esters is 1. The highest BCUT2D eigenvalue weighted by atomic mass is 127. The van der Waals surface area contributed by atoms with Gasteiger partial charge in [-0.3, -0.25) is 0 Å². The van der Waals surface area contributed by atoms with Crippen molar-refractivity contribution in [2.45, 2.75) is 6.61 Å². The van der Waals surface area contributed by atoms with Crippen LogP contribution >= 0.6 is 66.1 Å². The second-order valence-electron chi connectivity index (χ2n) is 6.65. The molecule has 4 rings (SSSR count). The number of hydrogen-bond acceptors (Lipinski definition) is 4. The first kappa shape index (κ1) is 23.4. The molecule has 0 spiro atoms. The van der Waals surface area contributed by atoms with Gasteiger partial charge in [-0.25, -0.2) is 14.2 Å². The van der Waals surface area contributed by atoms with Crippen LogP contribution in [0.3, 0.4) is 0 Å². The molecule has 1 aliphatic rings. The predicted molar refractivity (Wildman–Crippen MR) is 137 cm³/mol. The van der Waals surface area contributed by atoms with Crippen LogP contribution < -0.4 is 4.74 Å². The highest BCUT2D eigenvalue weighted by Crippen LogP contribution is 2.36. The standard InChI is InChI=1S/C23H12Br2ClFINO3/c24-16-7-12(8-17(25)21(16)31-11-13-3-1-2-4-19(13)27)9-20-23(30)32-22(29-20)15-10-14(28)5-6-18(15)26/h1-10H,11H2. The maximum absolute atomic E-state index is 13.8. The largest absolute Gasteiger partial charge is 0.486 e. The lowest BCUT2D eigenvalue weighted by Crippen LogP contribution is -2.06. The summed E-state index contributed by atoms with van der Waals surface area (Å²) in [5.41, 5.74) is 1.83. The van der Waals surface area contributed by atoms with Crippen LogP contribution in [0.2, 0.25) is 5.02 Å². The van der Waals surface area contributed by atoms with Gasteiger partial charge in [-0.2, -0.15) is 0 Å². The van der Waals surface area contributed by atoms with Gasteiger partial charge in [0.15, 0.2) is 5.70 Å². The minimum atomic E-state index is -0.568. The second-order valence-corrected chi connectivity index (χ2v) is 10.0. The Morgan fingerprint density at radius 3 is 2.56 bits per heavy atom. The minimum absolute atomic E-state index is 0.0704. The quantitative estimate of drug-likeness (QED) is 0.158. The zero-order valence-corrected chi connectivity index (χ0v) is 22.1. The van der Waals surface area contributed by atoms with Gasteiger partial charge in [0.1, 0.15) is 18.2 Å². The topological polar surface area (TPSA) is 47.9 Å². The van der Waals surface area contributed by atoms with E-state index in [-0.39, 0.29) is 24.0 Å². The third-order valence-electron chi connectivity index (χ3n) is 4.43. The Balaban J connectivity index is 1.59. The highest BCUT2D eigenvalue weighted by molar-refractivity contribution is 14.1. The maximum Gasteiger partial charge on any atom is 0.363 e. The van der Waals surface area contributed by atoms with Crippen LogP contribution in [0.5, 0.6) is 5.75 Å². The molecule has 3 aromatic carbocycles. The van der Waals surface area contributed by atoms with E-state index in [2.05, 4.69) is 59.4 Å². The molecule has 162 valence electrons. The SMILES string of the molecule is O=C1OC(c2cc(I)ccc2Cl)=NC1=Cc1cc(Br)c(OCc2ccccc2F)c(Br)c1. The van der Waals surface area contributed by atoms with Crippen molar-refractivity contribution >= 4 is 84.0 Å². The molecule has 4 nitrogen and oxygen atoms in total. The van der Waals surface area contributed by atoms with Crippen molar-refractivity contribution in [2.24, 2.45) is 4.99 Å². The number of benzene rings is 3. The van der Waals surface area contributed by atoms with Gasteiger partial charge in [0.25, 0.3) is 0 Å². The van der Waals surface area contributed by atoms with E-state index < -0.39 is 5.97 Å². The summed E-state index contributed by atoms with van der Waals surface area (Å²) < 4.78 is 27.2. The molecule has 0 radical (unpaired) electrons. The van der Waals surface area contributed by atoms with Crippen LogP contribution in [-0.4, -0.2) is 11.9 Å². The number of carbonyl (C=O) groups excluding carboxylic acids is 1. The van der Waals surface area contributed by atoms with Gasteiger partial charge >= 0.3 is 5.97 Å². The molecule has 0 aliphatic carbocycles. The molecular weight excluding hydrogens is 679 g/mol. The molecular formula is C23H12Br2ClFINO3. The van der Waals surface area contributed by atoms with Gasteiger partial charge in [0, 0.05) is 9.13 Å². The van der Waals surface area contributed by atoms with Gasteiger partial charge in [-0.15, -0.1) is 0 Å². The number of aliphatic imine (C=N–C) groups is 1. The van der Waals surface area contributed by atoms with Crippen LogP contribution in [0, 0.1) is 9.39 Å². The summed E-state index contributed by atoms with van der Waals surface area (Å²) in [5.74, 6) is -0.225. The number of hydrogen-bond donors (Lipinski definition) is 0. The fourth-order valence-corrected chi connectivity index (χ4v) is 5.05. The number of carbonyl (C=O) groups is 1. The van der Waals surface area contributed by atoms with E-state index in [9.17, 15) is 9.18 Å². The number of rotatable bonds is 5. The Morgan fingerprint density at radius 1 is 1.12 bits per heavy atom. The first-order chi connectivity index (χ1) is 15.3. The van der Waals surface area contributed by atoms with Crippen LogP contribution in [0.4, 0.5) is 4.39 Å². The van der Waals surface area contributed by atoms with Gasteiger partial charge in [0.05, 0.1) is 19.5 Å². The fraction of sp³-hybridized carbons (Fsp3) is 0.0435. The lowest BCUT2D eigenvalue weighted by Gasteiger charge is -2.12. The van der Waals surface area contributed by atoms with Crippen molar-refractivity contribution in [3.63, 3.8) is 0 Å². The summed E-state index contributed by atoms with van der Waals surface area (Å²) in [4.78, 5) is 16.7. The molecule has 0 bridgehead atoms. The molecule has 32 heavy (non-hydrogen) atoms. The molecule has 9 heteroatoms. The number of ether oxygens (including phenoxy) is 2. The monoisotopic (exact) mass is 689 g/mol. The first-order valence-electron chi connectivity index (χ1n) is 9.15. The van der Waals surface area contributed by atoms with Crippen molar-refractivity contribution in [2.75, 3.05) is 0 Å². The fourth-order valence-electron chi connectivity index (χ4n) is 2.91. The van der Waals surface area contributed by atoms with Crippen molar-refractivity contribution in [3.05, 3.63) is 100 Å². The summed E-state index contributed by atoms with van der Waals surface area (Å²) in [7, 11) is 0. The number of nitrogens with zero attached hydrogens (tertiary/aromatic N) is 1. The molecule has 0 unspecified atom stereocenters.